The third-order valence-electron chi connectivity index (χ3n) is 3.02. The number of carbonyl (C=O) groups is 1. The van der Waals surface area contributed by atoms with E-state index in [-0.39, 0.29) is 17.3 Å². The number of methoxy groups -OCH3 is 1. The van der Waals surface area contributed by atoms with Gasteiger partial charge in [0.2, 0.25) is 0 Å². The second kappa shape index (κ2) is 6.62. The molecule has 0 heterocycles. The predicted molar refractivity (Wildman–Crippen MR) is 82.4 cm³/mol. The summed E-state index contributed by atoms with van der Waals surface area (Å²) in [5, 5.41) is 0. The monoisotopic (exact) mass is 320 g/mol. The van der Waals surface area contributed by atoms with Crippen LogP contribution in [0.1, 0.15) is 10.4 Å². The highest BCUT2D eigenvalue weighted by atomic mass is 32.2. The second-order valence-electron chi connectivity index (χ2n) is 4.69. The number of carbonyl (C=O) groups excluding carboxylic acids is 1. The fourth-order valence-electron chi connectivity index (χ4n) is 1.80. The summed E-state index contributed by atoms with van der Waals surface area (Å²) in [6.45, 7) is -0.167. The lowest BCUT2D eigenvalue weighted by Gasteiger charge is -2.07. The molecule has 0 N–H and O–H groups in total. The van der Waals surface area contributed by atoms with Crippen LogP contribution in [0, 0.1) is 0 Å². The second-order valence-corrected chi connectivity index (χ2v) is 6.70. The van der Waals surface area contributed by atoms with Crippen LogP contribution in [-0.4, -0.2) is 34.2 Å². The summed E-state index contributed by atoms with van der Waals surface area (Å²) in [6, 6.07) is 12.7. The van der Waals surface area contributed by atoms with Crippen LogP contribution in [0.15, 0.2) is 53.4 Å². The summed E-state index contributed by atoms with van der Waals surface area (Å²) < 4.78 is 33.3. The van der Waals surface area contributed by atoms with Gasteiger partial charge in [-0.25, -0.2) is 8.42 Å². The van der Waals surface area contributed by atoms with Crippen molar-refractivity contribution < 1.29 is 22.7 Å². The molecule has 2 rings (SSSR count). The van der Waals surface area contributed by atoms with Gasteiger partial charge in [-0.3, -0.25) is 4.79 Å². The molecule has 0 atom stereocenters. The Bertz CT molecular complexity index is 763. The summed E-state index contributed by atoms with van der Waals surface area (Å²) in [5.74, 6) is 0.801. The molecular weight excluding hydrogens is 304 g/mol. The first-order valence-corrected chi connectivity index (χ1v) is 8.39. The predicted octanol–water partition coefficient (Wildman–Crippen LogP) is 2.36. The van der Waals surface area contributed by atoms with E-state index in [0.717, 1.165) is 6.26 Å². The topological polar surface area (TPSA) is 69.7 Å². The number of hydrogen-bond acceptors (Lipinski definition) is 5. The molecule has 2 aromatic carbocycles. The quantitative estimate of drug-likeness (QED) is 0.764. The molecule has 0 fully saturated rings. The molecular formula is C16H16O5S. The standard InChI is InChI=1S/C16H16O5S/c1-20-13-8-6-12(7-9-13)16(17)11-21-14-4-3-5-15(10-14)22(2,18)19/h3-10H,11H2,1-2H3. The molecule has 0 aliphatic carbocycles. The lowest BCUT2D eigenvalue weighted by Crippen LogP contribution is -2.11. The minimum atomic E-state index is -3.30. The Kier molecular flexibility index (Phi) is 4.82. The molecule has 0 unspecified atom stereocenters. The van der Waals surface area contributed by atoms with Crippen molar-refractivity contribution >= 4 is 15.6 Å². The van der Waals surface area contributed by atoms with Crippen LogP contribution in [0.25, 0.3) is 0 Å². The number of ether oxygens (including phenoxy) is 2. The first kappa shape index (κ1) is 16.0. The van der Waals surface area contributed by atoms with Crippen LogP contribution < -0.4 is 9.47 Å². The van der Waals surface area contributed by atoms with Crippen molar-refractivity contribution in [2.45, 2.75) is 4.90 Å². The van der Waals surface area contributed by atoms with Gasteiger partial charge in [-0.1, -0.05) is 6.07 Å². The molecule has 6 heteroatoms. The maximum atomic E-state index is 12.0. The molecule has 0 radical (unpaired) electrons. The van der Waals surface area contributed by atoms with Crippen molar-refractivity contribution in [3.05, 3.63) is 54.1 Å². The average molecular weight is 320 g/mol. The number of benzene rings is 2. The van der Waals surface area contributed by atoms with E-state index in [1.807, 2.05) is 0 Å². The zero-order chi connectivity index (χ0) is 16.2. The van der Waals surface area contributed by atoms with E-state index in [0.29, 0.717) is 17.1 Å². The zero-order valence-electron chi connectivity index (χ0n) is 12.3. The van der Waals surface area contributed by atoms with Gasteiger partial charge in [0, 0.05) is 11.8 Å². The van der Waals surface area contributed by atoms with Crippen LogP contribution in [0.2, 0.25) is 0 Å². The van der Waals surface area contributed by atoms with E-state index in [2.05, 4.69) is 0 Å². The van der Waals surface area contributed by atoms with Gasteiger partial charge in [0.05, 0.1) is 12.0 Å². The molecule has 0 spiro atoms. The third kappa shape index (κ3) is 4.08. The Morgan fingerprint density at radius 3 is 2.32 bits per heavy atom. The third-order valence-corrected chi connectivity index (χ3v) is 4.13. The molecule has 0 aliphatic heterocycles. The SMILES string of the molecule is COc1ccc(C(=O)COc2cccc(S(C)(=O)=O)c2)cc1. The molecule has 0 aromatic heterocycles. The van der Waals surface area contributed by atoms with Gasteiger partial charge in [0.1, 0.15) is 11.5 Å². The van der Waals surface area contributed by atoms with Gasteiger partial charge < -0.3 is 9.47 Å². The first-order chi connectivity index (χ1) is 10.4. The molecule has 116 valence electrons. The summed E-state index contributed by atoms with van der Waals surface area (Å²) in [7, 11) is -1.75. The van der Waals surface area contributed by atoms with Crippen molar-refractivity contribution in [2.24, 2.45) is 0 Å². The van der Waals surface area contributed by atoms with Gasteiger partial charge >= 0.3 is 0 Å². The van der Waals surface area contributed by atoms with Crippen LogP contribution >= 0.6 is 0 Å². The Hall–Kier alpha value is -2.34. The van der Waals surface area contributed by atoms with Crippen molar-refractivity contribution in [2.75, 3.05) is 20.0 Å². The smallest absolute Gasteiger partial charge is 0.200 e. The molecule has 0 amide bonds. The van der Waals surface area contributed by atoms with E-state index < -0.39 is 9.84 Å². The van der Waals surface area contributed by atoms with Crippen LogP contribution in [-0.2, 0) is 9.84 Å². The van der Waals surface area contributed by atoms with Crippen LogP contribution in [0.3, 0.4) is 0 Å². The van der Waals surface area contributed by atoms with Gasteiger partial charge in [-0.05, 0) is 42.5 Å². The number of sulfone groups is 1. The van der Waals surface area contributed by atoms with Crippen molar-refractivity contribution in [3.8, 4) is 11.5 Å². The number of rotatable bonds is 6. The Balaban J connectivity index is 2.04. The Morgan fingerprint density at radius 1 is 1.05 bits per heavy atom. The molecule has 22 heavy (non-hydrogen) atoms. The summed E-state index contributed by atoms with van der Waals surface area (Å²) in [4.78, 5) is 12.2. The molecule has 5 nitrogen and oxygen atoms in total. The average Bonchev–Trinajstić information content (AvgIpc) is 2.52. The van der Waals surface area contributed by atoms with E-state index >= 15 is 0 Å². The zero-order valence-corrected chi connectivity index (χ0v) is 13.1. The lowest BCUT2D eigenvalue weighted by atomic mass is 10.1. The highest BCUT2D eigenvalue weighted by molar-refractivity contribution is 7.90. The first-order valence-electron chi connectivity index (χ1n) is 6.50. The maximum absolute atomic E-state index is 12.0. The fourth-order valence-corrected chi connectivity index (χ4v) is 2.46. The number of hydrogen-bond donors (Lipinski definition) is 0. The normalized spacial score (nSPS) is 11.0. The van der Waals surface area contributed by atoms with Gasteiger partial charge in [-0.2, -0.15) is 0 Å². The molecule has 0 saturated carbocycles. The van der Waals surface area contributed by atoms with E-state index in [1.54, 1.807) is 43.5 Å². The molecule has 0 saturated heterocycles. The highest BCUT2D eigenvalue weighted by Gasteiger charge is 2.10. The van der Waals surface area contributed by atoms with Crippen molar-refractivity contribution in [1.29, 1.82) is 0 Å². The maximum Gasteiger partial charge on any atom is 0.200 e. The van der Waals surface area contributed by atoms with Crippen LogP contribution in [0.4, 0.5) is 0 Å². The molecule has 2 aromatic rings. The minimum absolute atomic E-state index is 0.155. The van der Waals surface area contributed by atoms with Crippen molar-refractivity contribution in [1.82, 2.24) is 0 Å². The largest absolute Gasteiger partial charge is 0.497 e. The fraction of sp³-hybridized carbons (Fsp3) is 0.188. The lowest BCUT2D eigenvalue weighted by molar-refractivity contribution is 0.0921. The molecule has 0 bridgehead atoms. The number of Topliss-reactive ketones (excluding diaryl/α,β-unsaturated/α-hetero) is 1. The molecule has 0 aliphatic rings. The van der Waals surface area contributed by atoms with E-state index in [1.165, 1.54) is 12.1 Å². The van der Waals surface area contributed by atoms with E-state index in [4.69, 9.17) is 9.47 Å². The Morgan fingerprint density at radius 2 is 1.73 bits per heavy atom. The van der Waals surface area contributed by atoms with E-state index in [9.17, 15) is 13.2 Å². The van der Waals surface area contributed by atoms with Crippen molar-refractivity contribution in [3.63, 3.8) is 0 Å². The van der Waals surface area contributed by atoms with Gasteiger partial charge in [0.15, 0.2) is 22.2 Å². The Labute approximate surface area is 129 Å². The summed E-state index contributed by atoms with van der Waals surface area (Å²) >= 11 is 0. The van der Waals surface area contributed by atoms with Gasteiger partial charge in [0.25, 0.3) is 0 Å². The minimum Gasteiger partial charge on any atom is -0.497 e. The summed E-state index contributed by atoms with van der Waals surface area (Å²) in [6.07, 6.45) is 1.12. The van der Waals surface area contributed by atoms with Gasteiger partial charge in [-0.15, -0.1) is 0 Å². The van der Waals surface area contributed by atoms with Crippen LogP contribution in [0.5, 0.6) is 11.5 Å². The summed E-state index contributed by atoms with van der Waals surface area (Å²) in [5.41, 5.74) is 0.500. The highest BCUT2D eigenvalue weighted by Crippen LogP contribution is 2.18. The number of ketones is 1.